The molecule has 1 amide bonds. The molecule has 0 spiro atoms. The zero-order chi connectivity index (χ0) is 21.7. The molecule has 0 unspecified atom stereocenters. The van der Waals surface area contributed by atoms with E-state index in [2.05, 4.69) is 5.32 Å². The molecule has 8 heteroatoms. The number of amides is 1. The SMILES string of the molecule is COc1ccc2c(c1)CCC[C@H]2NC(=O)CCCN(c1ccccc1F)S(C)(=O)=O. The summed E-state index contributed by atoms with van der Waals surface area (Å²) in [6, 6.07) is 11.5. The van der Waals surface area contributed by atoms with Crippen molar-refractivity contribution in [1.82, 2.24) is 5.32 Å². The van der Waals surface area contributed by atoms with E-state index in [9.17, 15) is 17.6 Å². The number of aryl methyl sites for hydroxylation is 1. The molecule has 162 valence electrons. The normalized spacial score (nSPS) is 15.9. The lowest BCUT2D eigenvalue weighted by Gasteiger charge is -2.27. The van der Waals surface area contributed by atoms with Gasteiger partial charge in [-0.25, -0.2) is 12.8 Å². The second-order valence-electron chi connectivity index (χ2n) is 7.47. The van der Waals surface area contributed by atoms with E-state index in [1.54, 1.807) is 13.2 Å². The van der Waals surface area contributed by atoms with Crippen LogP contribution >= 0.6 is 0 Å². The average Bonchev–Trinajstić information content (AvgIpc) is 2.71. The minimum atomic E-state index is -3.66. The van der Waals surface area contributed by atoms with Crippen molar-refractivity contribution in [2.45, 2.75) is 38.1 Å². The minimum Gasteiger partial charge on any atom is -0.497 e. The lowest BCUT2D eigenvalue weighted by Crippen LogP contribution is -2.34. The first-order valence-electron chi connectivity index (χ1n) is 9.98. The number of sulfonamides is 1. The van der Waals surface area contributed by atoms with Crippen LogP contribution in [0.15, 0.2) is 42.5 Å². The van der Waals surface area contributed by atoms with Gasteiger partial charge < -0.3 is 10.1 Å². The van der Waals surface area contributed by atoms with E-state index >= 15 is 0 Å². The van der Waals surface area contributed by atoms with Crippen LogP contribution in [0.5, 0.6) is 5.75 Å². The fourth-order valence-corrected chi connectivity index (χ4v) is 4.80. The fraction of sp³-hybridized carbons (Fsp3) is 0.409. The molecule has 2 aromatic carbocycles. The number of nitrogens with zero attached hydrogens (tertiary/aromatic N) is 1. The number of halogens is 1. The van der Waals surface area contributed by atoms with Crippen molar-refractivity contribution in [3.05, 3.63) is 59.4 Å². The molecule has 30 heavy (non-hydrogen) atoms. The van der Waals surface area contributed by atoms with Crippen LogP contribution in [-0.4, -0.2) is 34.2 Å². The van der Waals surface area contributed by atoms with Crippen molar-refractivity contribution >= 4 is 21.6 Å². The fourth-order valence-electron chi connectivity index (χ4n) is 3.84. The summed E-state index contributed by atoms with van der Waals surface area (Å²) in [4.78, 5) is 12.5. The average molecular weight is 435 g/mol. The smallest absolute Gasteiger partial charge is 0.232 e. The minimum absolute atomic E-state index is 0.00411. The number of benzene rings is 2. The molecular weight excluding hydrogens is 407 g/mol. The maximum Gasteiger partial charge on any atom is 0.232 e. The second-order valence-corrected chi connectivity index (χ2v) is 9.37. The predicted molar refractivity (Wildman–Crippen MR) is 115 cm³/mol. The number of hydrogen-bond acceptors (Lipinski definition) is 4. The molecule has 1 aliphatic rings. The Labute approximate surface area is 177 Å². The van der Waals surface area contributed by atoms with Crippen molar-refractivity contribution in [2.24, 2.45) is 0 Å². The van der Waals surface area contributed by atoms with Gasteiger partial charge in [-0.05, 0) is 61.1 Å². The van der Waals surface area contributed by atoms with Gasteiger partial charge in [0, 0.05) is 13.0 Å². The number of fused-ring (bicyclic) bond motifs is 1. The molecule has 0 saturated carbocycles. The van der Waals surface area contributed by atoms with Crippen LogP contribution in [0, 0.1) is 5.82 Å². The second kappa shape index (κ2) is 9.47. The quantitative estimate of drug-likeness (QED) is 0.689. The van der Waals surface area contributed by atoms with E-state index in [0.29, 0.717) is 0 Å². The molecule has 0 saturated heterocycles. The Morgan fingerprint density at radius 3 is 2.73 bits per heavy atom. The van der Waals surface area contributed by atoms with Crippen molar-refractivity contribution in [2.75, 3.05) is 24.2 Å². The lowest BCUT2D eigenvalue weighted by atomic mass is 9.87. The maximum atomic E-state index is 14.1. The van der Waals surface area contributed by atoms with Crippen molar-refractivity contribution in [3.63, 3.8) is 0 Å². The van der Waals surface area contributed by atoms with Gasteiger partial charge in [0.05, 0.1) is 25.1 Å². The number of ether oxygens (including phenoxy) is 1. The van der Waals surface area contributed by atoms with Crippen LogP contribution in [0.3, 0.4) is 0 Å². The molecule has 1 aliphatic carbocycles. The number of nitrogens with one attached hydrogen (secondary N) is 1. The highest BCUT2D eigenvalue weighted by molar-refractivity contribution is 7.92. The Bertz CT molecular complexity index is 1010. The number of methoxy groups -OCH3 is 1. The molecule has 0 fully saturated rings. The monoisotopic (exact) mass is 434 g/mol. The molecule has 6 nitrogen and oxygen atoms in total. The van der Waals surface area contributed by atoms with Gasteiger partial charge >= 0.3 is 0 Å². The first-order valence-corrected chi connectivity index (χ1v) is 11.8. The molecular formula is C22H27FN2O4S. The summed E-state index contributed by atoms with van der Waals surface area (Å²) in [5, 5.41) is 3.05. The lowest BCUT2D eigenvalue weighted by molar-refractivity contribution is -0.122. The van der Waals surface area contributed by atoms with Crippen molar-refractivity contribution < 1.29 is 22.3 Å². The van der Waals surface area contributed by atoms with Crippen LogP contribution in [0.1, 0.15) is 42.9 Å². The Balaban J connectivity index is 1.60. The summed E-state index contributed by atoms with van der Waals surface area (Å²) in [6.07, 6.45) is 4.26. The number of hydrogen-bond donors (Lipinski definition) is 1. The highest BCUT2D eigenvalue weighted by Gasteiger charge is 2.23. The highest BCUT2D eigenvalue weighted by Crippen LogP contribution is 2.32. The molecule has 0 bridgehead atoms. The van der Waals surface area contributed by atoms with Crippen LogP contribution in [0.2, 0.25) is 0 Å². The Kier molecular flexibility index (Phi) is 6.97. The third-order valence-electron chi connectivity index (χ3n) is 5.29. The van der Waals surface area contributed by atoms with Gasteiger partial charge in [-0.1, -0.05) is 18.2 Å². The van der Waals surface area contributed by atoms with Gasteiger partial charge in [-0.3, -0.25) is 9.10 Å². The Morgan fingerprint density at radius 1 is 1.27 bits per heavy atom. The predicted octanol–water partition coefficient (Wildman–Crippen LogP) is 3.57. The number of rotatable bonds is 8. The van der Waals surface area contributed by atoms with Gasteiger partial charge in [0.25, 0.3) is 0 Å². The molecule has 0 aromatic heterocycles. The summed E-state index contributed by atoms with van der Waals surface area (Å²) < 4.78 is 44.6. The largest absolute Gasteiger partial charge is 0.497 e. The van der Waals surface area contributed by atoms with E-state index in [4.69, 9.17) is 4.74 Å². The number of anilines is 1. The summed E-state index contributed by atoms with van der Waals surface area (Å²) in [5.74, 6) is 0.0435. The third-order valence-corrected chi connectivity index (χ3v) is 6.47. The van der Waals surface area contributed by atoms with Crippen LogP contribution in [0.4, 0.5) is 10.1 Å². The zero-order valence-electron chi connectivity index (χ0n) is 17.2. The maximum absolute atomic E-state index is 14.1. The van der Waals surface area contributed by atoms with Crippen molar-refractivity contribution in [1.29, 1.82) is 0 Å². The third kappa shape index (κ3) is 5.30. The molecule has 0 aliphatic heterocycles. The summed E-state index contributed by atoms with van der Waals surface area (Å²) in [7, 11) is -2.03. The van der Waals surface area contributed by atoms with Crippen LogP contribution < -0.4 is 14.4 Å². The molecule has 0 radical (unpaired) electrons. The zero-order valence-corrected chi connectivity index (χ0v) is 18.0. The number of para-hydroxylation sites is 1. The molecule has 3 rings (SSSR count). The van der Waals surface area contributed by atoms with Crippen molar-refractivity contribution in [3.8, 4) is 5.75 Å². The van der Waals surface area contributed by atoms with E-state index < -0.39 is 15.8 Å². The van der Waals surface area contributed by atoms with Crippen LogP contribution in [-0.2, 0) is 21.2 Å². The van der Waals surface area contributed by atoms with Crippen LogP contribution in [0.25, 0.3) is 0 Å². The number of carbonyl (C=O) groups is 1. The molecule has 1 N–H and O–H groups in total. The molecule has 2 aromatic rings. The summed E-state index contributed by atoms with van der Waals surface area (Å²) >= 11 is 0. The topological polar surface area (TPSA) is 75.7 Å². The van der Waals surface area contributed by atoms with Gasteiger partial charge in [0.15, 0.2) is 0 Å². The summed E-state index contributed by atoms with van der Waals surface area (Å²) in [5.41, 5.74) is 2.27. The standard InChI is InChI=1S/C22H27FN2O4S/c1-29-17-12-13-18-16(15-17)7-5-9-20(18)24-22(26)11-6-14-25(30(2,27)28)21-10-4-3-8-19(21)23/h3-4,8,10,12-13,15,20H,5-7,9,11,14H2,1-2H3,(H,24,26)/t20-/m1/s1. The van der Waals surface area contributed by atoms with E-state index in [1.807, 2.05) is 18.2 Å². The molecule has 1 atom stereocenters. The van der Waals surface area contributed by atoms with E-state index in [0.717, 1.165) is 41.1 Å². The number of carbonyl (C=O) groups excluding carboxylic acids is 1. The summed E-state index contributed by atoms with van der Waals surface area (Å²) in [6.45, 7) is 0.0334. The first-order chi connectivity index (χ1) is 14.3. The highest BCUT2D eigenvalue weighted by atomic mass is 32.2. The Morgan fingerprint density at radius 2 is 2.03 bits per heavy atom. The van der Waals surface area contributed by atoms with Gasteiger partial charge in [-0.15, -0.1) is 0 Å². The van der Waals surface area contributed by atoms with Gasteiger partial charge in [0.1, 0.15) is 11.6 Å². The van der Waals surface area contributed by atoms with E-state index in [-0.39, 0.29) is 37.0 Å². The van der Waals surface area contributed by atoms with Gasteiger partial charge in [-0.2, -0.15) is 0 Å². The molecule has 0 heterocycles. The van der Waals surface area contributed by atoms with Gasteiger partial charge in [0.2, 0.25) is 15.9 Å². The van der Waals surface area contributed by atoms with E-state index in [1.165, 1.54) is 23.8 Å². The first kappa shape index (κ1) is 22.1. The Hall–Kier alpha value is -2.61.